The number of aliphatic carboxylic acids is 1. The predicted octanol–water partition coefficient (Wildman–Crippen LogP) is 2.07. The van der Waals surface area contributed by atoms with Crippen LogP contribution in [0.25, 0.3) is 0 Å². The molecule has 1 rings (SSSR count). The van der Waals surface area contributed by atoms with Gasteiger partial charge in [-0.1, -0.05) is 12.8 Å². The molecule has 0 saturated carbocycles. The molecule has 1 saturated heterocycles. The minimum absolute atomic E-state index is 0.296. The van der Waals surface area contributed by atoms with E-state index in [0.717, 1.165) is 18.1 Å². The van der Waals surface area contributed by atoms with E-state index >= 15 is 0 Å². The lowest BCUT2D eigenvalue weighted by atomic mass is 10.2. The molecule has 1 heterocycles. The van der Waals surface area contributed by atoms with Crippen LogP contribution in [0.2, 0.25) is 0 Å². The average Bonchev–Trinajstić information content (AvgIpc) is 2.45. The molecule has 1 fully saturated rings. The van der Waals surface area contributed by atoms with Crippen LogP contribution in [-0.4, -0.2) is 47.1 Å². The van der Waals surface area contributed by atoms with E-state index in [1.54, 1.807) is 11.8 Å². The van der Waals surface area contributed by atoms with Crippen LogP contribution in [-0.2, 0) is 4.79 Å². The monoisotopic (exact) mass is 231 g/mol. The van der Waals surface area contributed by atoms with Crippen molar-refractivity contribution in [3.8, 4) is 0 Å². The number of thioether (sulfide) groups is 1. The molecule has 0 unspecified atom stereocenters. The normalized spacial score (nSPS) is 18.7. The van der Waals surface area contributed by atoms with E-state index in [2.05, 4.69) is 4.90 Å². The van der Waals surface area contributed by atoms with Gasteiger partial charge in [0, 0.05) is 18.1 Å². The molecule has 0 aromatic rings. The van der Waals surface area contributed by atoms with Crippen LogP contribution in [0, 0.1) is 0 Å². The summed E-state index contributed by atoms with van der Waals surface area (Å²) in [5, 5.41) is 8.47. The minimum Gasteiger partial charge on any atom is -0.481 e. The van der Waals surface area contributed by atoms with Gasteiger partial charge >= 0.3 is 5.97 Å². The van der Waals surface area contributed by atoms with Gasteiger partial charge in [0.15, 0.2) is 0 Å². The first-order valence-electron chi connectivity index (χ1n) is 5.81. The molecule has 0 amide bonds. The van der Waals surface area contributed by atoms with Gasteiger partial charge in [-0.2, -0.15) is 11.8 Å². The fourth-order valence-corrected chi connectivity index (χ4v) is 2.73. The number of hydrogen-bond donors (Lipinski definition) is 1. The summed E-state index contributed by atoms with van der Waals surface area (Å²) in [6.45, 7) is 3.60. The van der Waals surface area contributed by atoms with Crippen LogP contribution in [0.4, 0.5) is 0 Å². The molecule has 0 radical (unpaired) electrons. The smallest absolute Gasteiger partial charge is 0.304 e. The van der Waals surface area contributed by atoms with Crippen molar-refractivity contribution >= 4 is 17.7 Å². The number of nitrogens with zero attached hydrogens (tertiary/aromatic N) is 1. The summed E-state index contributed by atoms with van der Waals surface area (Å²) in [6, 6.07) is 0. The third-order valence-electron chi connectivity index (χ3n) is 2.71. The Morgan fingerprint density at radius 3 is 2.40 bits per heavy atom. The van der Waals surface area contributed by atoms with Crippen LogP contribution in [0.1, 0.15) is 32.1 Å². The summed E-state index contributed by atoms with van der Waals surface area (Å²) < 4.78 is 0. The molecule has 0 aliphatic carbocycles. The van der Waals surface area contributed by atoms with Gasteiger partial charge in [0.2, 0.25) is 0 Å². The van der Waals surface area contributed by atoms with Crippen LogP contribution in [0.3, 0.4) is 0 Å². The molecule has 4 heteroatoms. The van der Waals surface area contributed by atoms with Crippen LogP contribution >= 0.6 is 11.8 Å². The fraction of sp³-hybridized carbons (Fsp3) is 0.909. The van der Waals surface area contributed by atoms with Gasteiger partial charge in [0.25, 0.3) is 0 Å². The number of carbonyl (C=O) groups is 1. The summed E-state index contributed by atoms with van der Waals surface area (Å²) in [5.74, 6) is 1.15. The van der Waals surface area contributed by atoms with Crippen molar-refractivity contribution in [3.63, 3.8) is 0 Å². The Kier molecular flexibility index (Phi) is 6.85. The zero-order valence-corrected chi connectivity index (χ0v) is 10.1. The van der Waals surface area contributed by atoms with Crippen LogP contribution in [0.5, 0.6) is 0 Å². The van der Waals surface area contributed by atoms with Crippen molar-refractivity contribution in [1.82, 2.24) is 4.90 Å². The SMILES string of the molecule is O=C(O)CCSCCN1CCCCCC1. The third kappa shape index (κ3) is 6.79. The maximum Gasteiger partial charge on any atom is 0.304 e. The second-order valence-corrected chi connectivity index (χ2v) is 5.24. The molecule has 3 nitrogen and oxygen atoms in total. The lowest BCUT2D eigenvalue weighted by Crippen LogP contribution is -2.27. The van der Waals surface area contributed by atoms with E-state index in [-0.39, 0.29) is 0 Å². The van der Waals surface area contributed by atoms with Crippen molar-refractivity contribution in [1.29, 1.82) is 0 Å². The summed E-state index contributed by atoms with van der Waals surface area (Å²) in [4.78, 5) is 12.8. The molecule has 88 valence electrons. The summed E-state index contributed by atoms with van der Waals surface area (Å²) >= 11 is 1.76. The molecule has 0 spiro atoms. The Balaban J connectivity index is 1.96. The van der Waals surface area contributed by atoms with Crippen molar-refractivity contribution in [2.75, 3.05) is 31.1 Å². The quantitative estimate of drug-likeness (QED) is 0.710. The molecular weight excluding hydrogens is 210 g/mol. The van der Waals surface area contributed by atoms with E-state index in [9.17, 15) is 4.79 Å². The van der Waals surface area contributed by atoms with Crippen molar-refractivity contribution < 1.29 is 9.90 Å². The van der Waals surface area contributed by atoms with Crippen molar-refractivity contribution in [3.05, 3.63) is 0 Å². The van der Waals surface area contributed by atoms with Gasteiger partial charge < -0.3 is 10.0 Å². The van der Waals surface area contributed by atoms with Gasteiger partial charge in [-0.05, 0) is 25.9 Å². The topological polar surface area (TPSA) is 40.5 Å². The highest BCUT2D eigenvalue weighted by atomic mass is 32.2. The Bertz CT molecular complexity index is 179. The molecule has 1 N–H and O–H groups in total. The summed E-state index contributed by atoms with van der Waals surface area (Å²) in [6.07, 6.45) is 5.72. The van der Waals surface area contributed by atoms with Crippen LogP contribution < -0.4 is 0 Å². The molecule has 15 heavy (non-hydrogen) atoms. The van der Waals surface area contributed by atoms with Gasteiger partial charge in [-0.15, -0.1) is 0 Å². The maximum atomic E-state index is 10.3. The lowest BCUT2D eigenvalue weighted by Gasteiger charge is -2.18. The largest absolute Gasteiger partial charge is 0.481 e. The average molecular weight is 231 g/mol. The highest BCUT2D eigenvalue weighted by Gasteiger charge is 2.08. The molecule has 1 aliphatic heterocycles. The fourth-order valence-electron chi connectivity index (χ4n) is 1.81. The van der Waals surface area contributed by atoms with E-state index in [4.69, 9.17) is 5.11 Å². The van der Waals surface area contributed by atoms with Crippen molar-refractivity contribution in [2.24, 2.45) is 0 Å². The zero-order chi connectivity index (χ0) is 10.9. The minimum atomic E-state index is -0.683. The second kappa shape index (κ2) is 7.99. The maximum absolute atomic E-state index is 10.3. The summed E-state index contributed by atoms with van der Waals surface area (Å²) in [7, 11) is 0. The van der Waals surface area contributed by atoms with E-state index < -0.39 is 5.97 Å². The molecule has 0 atom stereocenters. The molecular formula is C11H21NO2S. The standard InChI is InChI=1S/C11H21NO2S/c13-11(14)5-9-15-10-8-12-6-3-1-2-4-7-12/h1-10H2,(H,13,14). The van der Waals surface area contributed by atoms with Gasteiger partial charge in [-0.3, -0.25) is 4.79 Å². The Morgan fingerprint density at radius 2 is 1.80 bits per heavy atom. The first-order chi connectivity index (χ1) is 7.29. The zero-order valence-electron chi connectivity index (χ0n) is 9.28. The Morgan fingerprint density at radius 1 is 1.13 bits per heavy atom. The summed E-state index contributed by atoms with van der Waals surface area (Å²) in [5.41, 5.74) is 0. The second-order valence-electron chi connectivity index (χ2n) is 4.01. The highest BCUT2D eigenvalue weighted by Crippen LogP contribution is 2.11. The number of carboxylic acids is 1. The number of carboxylic acid groups (broad SMARTS) is 1. The van der Waals surface area contributed by atoms with Crippen LogP contribution in [0.15, 0.2) is 0 Å². The first-order valence-corrected chi connectivity index (χ1v) is 6.96. The molecule has 0 aromatic carbocycles. The number of rotatable bonds is 6. The molecule has 1 aliphatic rings. The molecule has 0 bridgehead atoms. The first kappa shape index (κ1) is 12.8. The van der Waals surface area contributed by atoms with Crippen molar-refractivity contribution in [2.45, 2.75) is 32.1 Å². The van der Waals surface area contributed by atoms with Gasteiger partial charge in [0.1, 0.15) is 0 Å². The van der Waals surface area contributed by atoms with E-state index in [1.807, 2.05) is 0 Å². The van der Waals surface area contributed by atoms with E-state index in [1.165, 1.54) is 38.8 Å². The number of likely N-dealkylation sites (tertiary alicyclic amines) is 1. The lowest BCUT2D eigenvalue weighted by molar-refractivity contribution is -0.136. The Hall–Kier alpha value is -0.220. The Labute approximate surface area is 96.2 Å². The highest BCUT2D eigenvalue weighted by molar-refractivity contribution is 7.99. The molecule has 0 aromatic heterocycles. The third-order valence-corrected chi connectivity index (χ3v) is 3.67. The van der Waals surface area contributed by atoms with Gasteiger partial charge in [-0.25, -0.2) is 0 Å². The van der Waals surface area contributed by atoms with E-state index in [0.29, 0.717) is 6.42 Å². The van der Waals surface area contributed by atoms with Gasteiger partial charge in [0.05, 0.1) is 6.42 Å². The predicted molar refractivity (Wildman–Crippen MR) is 64.5 cm³/mol. The number of hydrogen-bond acceptors (Lipinski definition) is 3.